The van der Waals surface area contributed by atoms with Crippen molar-refractivity contribution in [3.05, 3.63) is 81.5 Å². The SMILES string of the molecule is CC1(C)C(Cc2ccc(Cl)cc2Cl)C(N2CCCC2)=CC=[N+]1Cc1ccccc1. The van der Waals surface area contributed by atoms with Crippen LogP contribution in [0.5, 0.6) is 0 Å². The molecule has 4 rings (SSSR count). The summed E-state index contributed by atoms with van der Waals surface area (Å²) in [7, 11) is 0. The van der Waals surface area contributed by atoms with Gasteiger partial charge in [0.2, 0.25) is 0 Å². The summed E-state index contributed by atoms with van der Waals surface area (Å²) >= 11 is 12.7. The number of likely N-dealkylation sites (tertiary alicyclic amines) is 1. The van der Waals surface area contributed by atoms with E-state index in [0.717, 1.165) is 31.1 Å². The molecule has 2 aliphatic rings. The molecule has 0 saturated carbocycles. The average molecular weight is 428 g/mol. The van der Waals surface area contributed by atoms with E-state index in [0.29, 0.717) is 10.9 Å². The molecule has 0 radical (unpaired) electrons. The molecule has 0 spiro atoms. The maximum absolute atomic E-state index is 6.58. The molecule has 2 heterocycles. The predicted molar refractivity (Wildman–Crippen MR) is 123 cm³/mol. The van der Waals surface area contributed by atoms with Crippen LogP contribution in [0.4, 0.5) is 0 Å². The zero-order chi connectivity index (χ0) is 20.4. The fraction of sp³-hybridized carbons (Fsp3) is 0.400. The number of benzene rings is 2. The van der Waals surface area contributed by atoms with Crippen LogP contribution < -0.4 is 0 Å². The third-order valence-electron chi connectivity index (χ3n) is 6.48. The van der Waals surface area contributed by atoms with Crippen LogP contribution >= 0.6 is 23.2 Å². The predicted octanol–water partition coefficient (Wildman–Crippen LogP) is 6.21. The Balaban J connectivity index is 1.69. The lowest BCUT2D eigenvalue weighted by Crippen LogP contribution is -2.50. The summed E-state index contributed by atoms with van der Waals surface area (Å²) in [4.78, 5) is 2.58. The van der Waals surface area contributed by atoms with Crippen molar-refractivity contribution in [2.75, 3.05) is 13.1 Å². The van der Waals surface area contributed by atoms with Gasteiger partial charge in [-0.2, -0.15) is 0 Å². The molecule has 1 fully saturated rings. The summed E-state index contributed by atoms with van der Waals surface area (Å²) in [5, 5.41) is 1.45. The fourth-order valence-corrected chi connectivity index (χ4v) is 5.12. The fourth-order valence-electron chi connectivity index (χ4n) is 4.64. The zero-order valence-corrected chi connectivity index (χ0v) is 18.8. The quantitative estimate of drug-likeness (QED) is 0.514. The number of halogens is 2. The van der Waals surface area contributed by atoms with Crippen LogP contribution in [0.15, 0.2) is 60.3 Å². The van der Waals surface area contributed by atoms with Gasteiger partial charge in [-0.15, -0.1) is 0 Å². The minimum Gasteiger partial charge on any atom is -0.374 e. The van der Waals surface area contributed by atoms with Crippen LogP contribution in [0.1, 0.15) is 37.8 Å². The van der Waals surface area contributed by atoms with Gasteiger partial charge in [0.15, 0.2) is 18.3 Å². The molecule has 2 nitrogen and oxygen atoms in total. The van der Waals surface area contributed by atoms with Gasteiger partial charge in [0.25, 0.3) is 0 Å². The Labute approximate surface area is 184 Å². The van der Waals surface area contributed by atoms with Crippen LogP contribution in [0, 0.1) is 5.92 Å². The Morgan fingerprint density at radius 1 is 1.03 bits per heavy atom. The van der Waals surface area contributed by atoms with E-state index < -0.39 is 0 Å². The number of allylic oxidation sites excluding steroid dienone is 1. The molecule has 0 N–H and O–H groups in total. The maximum Gasteiger partial charge on any atom is 0.168 e. The van der Waals surface area contributed by atoms with E-state index in [-0.39, 0.29) is 5.54 Å². The van der Waals surface area contributed by atoms with Gasteiger partial charge in [0.1, 0.15) is 0 Å². The Morgan fingerprint density at radius 3 is 2.45 bits per heavy atom. The minimum atomic E-state index is -0.0362. The number of hydrogen-bond donors (Lipinski definition) is 0. The summed E-state index contributed by atoms with van der Waals surface area (Å²) < 4.78 is 2.48. The molecule has 4 heteroatoms. The highest BCUT2D eigenvalue weighted by Crippen LogP contribution is 2.38. The molecule has 0 aliphatic carbocycles. The second-order valence-electron chi connectivity index (χ2n) is 8.69. The molecule has 1 saturated heterocycles. The van der Waals surface area contributed by atoms with Crippen molar-refractivity contribution in [3.63, 3.8) is 0 Å². The third kappa shape index (κ3) is 4.39. The van der Waals surface area contributed by atoms with Gasteiger partial charge in [0.05, 0.1) is 5.92 Å². The lowest BCUT2D eigenvalue weighted by Gasteiger charge is -2.39. The first-order valence-electron chi connectivity index (χ1n) is 10.5. The summed E-state index contributed by atoms with van der Waals surface area (Å²) in [5.41, 5.74) is 3.91. The molecule has 0 bridgehead atoms. The molecular formula is C25H29Cl2N2+. The summed E-state index contributed by atoms with van der Waals surface area (Å²) in [6.07, 6.45) is 8.10. The lowest BCUT2D eigenvalue weighted by molar-refractivity contribution is -0.621. The van der Waals surface area contributed by atoms with E-state index in [1.807, 2.05) is 12.1 Å². The first-order valence-corrected chi connectivity index (χ1v) is 11.3. The number of hydrogen-bond acceptors (Lipinski definition) is 1. The monoisotopic (exact) mass is 427 g/mol. The maximum atomic E-state index is 6.58. The standard InChI is InChI=1S/C25H29Cl2N2/c1-25(2)22(16-20-10-11-21(26)17-23(20)27)24(28-13-6-7-14-28)12-15-29(25)18-19-8-4-3-5-9-19/h3-5,8-12,15,17,22H,6-7,13-14,16,18H2,1-2H3/q+1. The van der Waals surface area contributed by atoms with E-state index in [9.17, 15) is 0 Å². The first-order chi connectivity index (χ1) is 13.9. The smallest absolute Gasteiger partial charge is 0.168 e. The van der Waals surface area contributed by atoms with Crippen molar-refractivity contribution in [3.8, 4) is 0 Å². The number of nitrogens with zero attached hydrogens (tertiary/aromatic N) is 2. The third-order valence-corrected chi connectivity index (χ3v) is 7.07. The molecule has 2 aromatic rings. The van der Waals surface area contributed by atoms with E-state index in [1.54, 1.807) is 0 Å². The van der Waals surface area contributed by atoms with E-state index in [2.05, 4.69) is 72.0 Å². The molecule has 29 heavy (non-hydrogen) atoms. The largest absolute Gasteiger partial charge is 0.374 e. The molecule has 2 aromatic carbocycles. The van der Waals surface area contributed by atoms with Crippen molar-refractivity contribution in [2.45, 2.75) is 45.2 Å². The van der Waals surface area contributed by atoms with Crippen molar-refractivity contribution in [1.82, 2.24) is 4.90 Å². The van der Waals surface area contributed by atoms with Crippen LogP contribution in [-0.4, -0.2) is 34.3 Å². The van der Waals surface area contributed by atoms with E-state index >= 15 is 0 Å². The van der Waals surface area contributed by atoms with Crippen LogP contribution in [0.25, 0.3) is 0 Å². The summed E-state index contributed by atoms with van der Waals surface area (Å²) in [5.74, 6) is 0.355. The second-order valence-corrected chi connectivity index (χ2v) is 9.54. The normalized spacial score (nSPS) is 21.1. The highest BCUT2D eigenvalue weighted by atomic mass is 35.5. The van der Waals surface area contributed by atoms with Gasteiger partial charge in [-0.1, -0.05) is 59.6 Å². The van der Waals surface area contributed by atoms with Gasteiger partial charge in [-0.25, -0.2) is 4.58 Å². The zero-order valence-electron chi connectivity index (χ0n) is 17.2. The van der Waals surface area contributed by atoms with Crippen LogP contribution in [0.2, 0.25) is 10.0 Å². The van der Waals surface area contributed by atoms with Crippen molar-refractivity contribution in [1.29, 1.82) is 0 Å². The Morgan fingerprint density at radius 2 is 1.76 bits per heavy atom. The first kappa shape index (κ1) is 20.5. The van der Waals surface area contributed by atoms with Crippen molar-refractivity contribution < 1.29 is 4.58 Å². The molecule has 152 valence electrons. The van der Waals surface area contributed by atoms with Gasteiger partial charge in [-0.05, 0) is 37.0 Å². The molecule has 0 amide bonds. The Kier molecular flexibility index (Phi) is 6.03. The van der Waals surface area contributed by atoms with E-state index in [4.69, 9.17) is 23.2 Å². The number of rotatable bonds is 5. The van der Waals surface area contributed by atoms with Gasteiger partial charge < -0.3 is 4.90 Å². The van der Waals surface area contributed by atoms with Gasteiger partial charge in [0, 0.05) is 54.3 Å². The Hall–Kier alpha value is -1.77. The van der Waals surface area contributed by atoms with E-state index in [1.165, 1.54) is 29.7 Å². The molecule has 2 aliphatic heterocycles. The molecular weight excluding hydrogens is 399 g/mol. The summed E-state index contributed by atoms with van der Waals surface area (Å²) in [6.45, 7) is 7.94. The minimum absolute atomic E-state index is 0.0362. The average Bonchev–Trinajstić information content (AvgIpc) is 3.22. The van der Waals surface area contributed by atoms with Gasteiger partial charge in [-0.3, -0.25) is 0 Å². The summed E-state index contributed by atoms with van der Waals surface area (Å²) in [6, 6.07) is 16.6. The topological polar surface area (TPSA) is 6.25 Å². The Bertz CT molecular complexity index is 925. The van der Waals surface area contributed by atoms with Gasteiger partial charge >= 0.3 is 0 Å². The lowest BCUT2D eigenvalue weighted by atomic mass is 9.77. The van der Waals surface area contributed by atoms with Crippen LogP contribution in [-0.2, 0) is 13.0 Å². The highest BCUT2D eigenvalue weighted by Gasteiger charge is 2.45. The highest BCUT2D eigenvalue weighted by molar-refractivity contribution is 6.35. The molecule has 1 unspecified atom stereocenters. The van der Waals surface area contributed by atoms with Crippen molar-refractivity contribution in [2.24, 2.45) is 5.92 Å². The molecule has 0 aromatic heterocycles. The molecule has 1 atom stereocenters. The van der Waals surface area contributed by atoms with Crippen molar-refractivity contribution >= 4 is 29.4 Å². The van der Waals surface area contributed by atoms with Crippen LogP contribution in [0.3, 0.4) is 0 Å². The second kappa shape index (κ2) is 8.53.